The third-order valence-corrected chi connectivity index (χ3v) is 6.65. The number of likely N-dealkylation sites (tertiary alicyclic amines) is 2. The van der Waals surface area contributed by atoms with Crippen molar-refractivity contribution in [2.24, 2.45) is 5.92 Å². The number of carbonyl (C=O) groups excluding carboxylic acids is 1. The molecule has 0 unspecified atom stereocenters. The van der Waals surface area contributed by atoms with E-state index in [1.165, 1.54) is 18.4 Å². The molecule has 0 saturated carbocycles. The van der Waals surface area contributed by atoms with Gasteiger partial charge >= 0.3 is 0 Å². The maximum absolute atomic E-state index is 12.8. The molecule has 7 nitrogen and oxygen atoms in total. The molecule has 162 valence electrons. The number of amides is 1. The number of hydrogen-bond acceptors (Lipinski definition) is 6. The van der Waals surface area contributed by atoms with E-state index in [1.54, 1.807) is 0 Å². The summed E-state index contributed by atoms with van der Waals surface area (Å²) >= 11 is 0. The van der Waals surface area contributed by atoms with Crippen molar-refractivity contribution >= 4 is 5.91 Å². The lowest BCUT2D eigenvalue weighted by atomic mass is 9.93. The quantitative estimate of drug-likeness (QED) is 0.788. The van der Waals surface area contributed by atoms with E-state index >= 15 is 0 Å². The van der Waals surface area contributed by atoms with Gasteiger partial charge in [-0.15, -0.1) is 0 Å². The molecule has 4 heterocycles. The Morgan fingerprint density at radius 3 is 2.77 bits per heavy atom. The lowest BCUT2D eigenvalue weighted by Gasteiger charge is -2.42. The van der Waals surface area contributed by atoms with Crippen molar-refractivity contribution in [1.29, 1.82) is 0 Å². The minimum atomic E-state index is 0.0765. The summed E-state index contributed by atoms with van der Waals surface area (Å²) in [5.74, 6) is 1.03. The van der Waals surface area contributed by atoms with Crippen LogP contribution in [0.1, 0.15) is 48.3 Å². The van der Waals surface area contributed by atoms with Crippen molar-refractivity contribution in [1.82, 2.24) is 25.3 Å². The van der Waals surface area contributed by atoms with Crippen LogP contribution in [0.3, 0.4) is 0 Å². The van der Waals surface area contributed by atoms with Gasteiger partial charge in [0.1, 0.15) is 5.76 Å². The van der Waals surface area contributed by atoms with Crippen molar-refractivity contribution in [3.8, 4) is 0 Å². The Bertz CT molecular complexity index is 810. The molecule has 0 aliphatic carbocycles. The van der Waals surface area contributed by atoms with Gasteiger partial charge in [0.15, 0.2) is 0 Å². The van der Waals surface area contributed by atoms with Gasteiger partial charge in [-0.25, -0.2) is 0 Å². The van der Waals surface area contributed by atoms with Crippen LogP contribution in [0.15, 0.2) is 29.0 Å². The van der Waals surface area contributed by atoms with E-state index in [9.17, 15) is 4.79 Å². The molecule has 2 aliphatic heterocycles. The van der Waals surface area contributed by atoms with E-state index in [1.807, 2.05) is 32.3 Å². The number of aromatic nitrogens is 2. The van der Waals surface area contributed by atoms with Crippen molar-refractivity contribution in [2.75, 3.05) is 26.2 Å². The maximum atomic E-state index is 12.8. The lowest BCUT2D eigenvalue weighted by Crippen LogP contribution is -2.50. The zero-order valence-corrected chi connectivity index (χ0v) is 18.1. The molecule has 30 heavy (non-hydrogen) atoms. The van der Waals surface area contributed by atoms with Gasteiger partial charge in [-0.05, 0) is 70.8 Å². The van der Waals surface area contributed by atoms with Gasteiger partial charge in [0.2, 0.25) is 5.91 Å². The first-order valence-electron chi connectivity index (χ1n) is 11.1. The summed E-state index contributed by atoms with van der Waals surface area (Å²) in [4.78, 5) is 22.1. The Morgan fingerprint density at radius 1 is 1.23 bits per heavy atom. The minimum Gasteiger partial charge on any atom is -0.361 e. The van der Waals surface area contributed by atoms with Crippen LogP contribution in [0, 0.1) is 19.8 Å². The first kappa shape index (κ1) is 21.0. The average molecular weight is 412 g/mol. The molecule has 1 atom stereocenters. The Labute approximate surface area is 178 Å². The molecular formula is C23H33N5O2. The normalized spacial score (nSPS) is 21.6. The third-order valence-electron chi connectivity index (χ3n) is 6.65. The van der Waals surface area contributed by atoms with Crippen LogP contribution in [-0.4, -0.2) is 58.1 Å². The fourth-order valence-corrected chi connectivity index (χ4v) is 4.82. The van der Waals surface area contributed by atoms with E-state index in [4.69, 9.17) is 4.52 Å². The van der Waals surface area contributed by atoms with E-state index in [0.717, 1.165) is 62.6 Å². The molecule has 0 bridgehead atoms. The smallest absolute Gasteiger partial charge is 0.224 e. The summed E-state index contributed by atoms with van der Waals surface area (Å²) in [6.07, 6.45) is 8.21. The largest absolute Gasteiger partial charge is 0.361 e. The van der Waals surface area contributed by atoms with Crippen molar-refractivity contribution in [2.45, 2.75) is 58.7 Å². The second-order valence-electron chi connectivity index (χ2n) is 8.72. The fraction of sp³-hybridized carbons (Fsp3) is 0.609. The van der Waals surface area contributed by atoms with Crippen LogP contribution >= 0.6 is 0 Å². The zero-order valence-electron chi connectivity index (χ0n) is 18.1. The summed E-state index contributed by atoms with van der Waals surface area (Å²) in [7, 11) is 0. The number of pyridine rings is 1. The second-order valence-corrected chi connectivity index (χ2v) is 8.72. The predicted molar refractivity (Wildman–Crippen MR) is 115 cm³/mol. The molecule has 2 saturated heterocycles. The fourth-order valence-electron chi connectivity index (χ4n) is 4.82. The monoisotopic (exact) mass is 411 g/mol. The van der Waals surface area contributed by atoms with Crippen molar-refractivity contribution in [3.05, 3.63) is 47.1 Å². The summed E-state index contributed by atoms with van der Waals surface area (Å²) in [5.41, 5.74) is 3.14. The maximum Gasteiger partial charge on any atom is 0.224 e. The summed E-state index contributed by atoms with van der Waals surface area (Å²) in [5, 5.41) is 7.08. The van der Waals surface area contributed by atoms with Gasteiger partial charge in [-0.2, -0.15) is 0 Å². The molecular weight excluding hydrogens is 378 g/mol. The number of carbonyl (C=O) groups is 1. The molecule has 0 spiro atoms. The average Bonchev–Trinajstić information content (AvgIpc) is 3.10. The van der Waals surface area contributed by atoms with E-state index < -0.39 is 0 Å². The molecule has 2 fully saturated rings. The Morgan fingerprint density at radius 2 is 2.07 bits per heavy atom. The van der Waals surface area contributed by atoms with Crippen LogP contribution in [0.5, 0.6) is 0 Å². The van der Waals surface area contributed by atoms with Gasteiger partial charge < -0.3 is 9.84 Å². The highest BCUT2D eigenvalue weighted by atomic mass is 16.5. The van der Waals surface area contributed by atoms with Crippen LogP contribution in [-0.2, 0) is 17.9 Å². The Balaban J connectivity index is 1.24. The number of rotatable bonds is 6. The summed E-state index contributed by atoms with van der Waals surface area (Å²) < 4.78 is 5.20. The molecule has 4 rings (SSSR count). The SMILES string of the molecule is Cc1noc(C)c1CNC(=O)[C@@H]1CCCN(C2CCN(Cc3cccnc3)CC2)C1. The predicted octanol–water partition coefficient (Wildman–Crippen LogP) is 2.68. The van der Waals surface area contributed by atoms with Gasteiger partial charge in [-0.3, -0.25) is 19.6 Å². The summed E-state index contributed by atoms with van der Waals surface area (Å²) in [6.45, 7) is 9.50. The number of nitrogens with one attached hydrogen (secondary N) is 1. The Hall–Kier alpha value is -2.25. The van der Waals surface area contributed by atoms with Gasteiger partial charge in [-0.1, -0.05) is 11.2 Å². The van der Waals surface area contributed by atoms with Crippen LogP contribution in [0.25, 0.3) is 0 Å². The second kappa shape index (κ2) is 9.71. The molecule has 2 aliphatic rings. The van der Waals surface area contributed by atoms with Crippen molar-refractivity contribution < 1.29 is 9.32 Å². The highest BCUT2D eigenvalue weighted by Crippen LogP contribution is 2.25. The number of piperidine rings is 2. The van der Waals surface area contributed by atoms with E-state index in [2.05, 4.69) is 31.3 Å². The van der Waals surface area contributed by atoms with Crippen LogP contribution in [0.2, 0.25) is 0 Å². The molecule has 0 aromatic carbocycles. The third kappa shape index (κ3) is 5.08. The molecule has 1 amide bonds. The standard InChI is InChI=1S/C23H33N5O2/c1-17-22(18(2)30-26-17)14-25-23(29)20-6-4-10-28(16-20)21-7-11-27(12-8-21)15-19-5-3-9-24-13-19/h3,5,9,13,20-21H,4,6-8,10-12,14-16H2,1-2H3,(H,25,29)/t20-/m1/s1. The molecule has 1 N–H and O–H groups in total. The number of nitrogens with zero attached hydrogens (tertiary/aromatic N) is 4. The highest BCUT2D eigenvalue weighted by Gasteiger charge is 2.31. The molecule has 0 radical (unpaired) electrons. The first-order chi connectivity index (χ1) is 14.6. The van der Waals surface area contributed by atoms with Crippen LogP contribution in [0.4, 0.5) is 0 Å². The number of hydrogen-bond donors (Lipinski definition) is 1. The van der Waals surface area contributed by atoms with Crippen molar-refractivity contribution in [3.63, 3.8) is 0 Å². The van der Waals surface area contributed by atoms with Gasteiger partial charge in [0.25, 0.3) is 0 Å². The molecule has 2 aromatic heterocycles. The number of aryl methyl sites for hydroxylation is 2. The molecule has 7 heteroatoms. The van der Waals surface area contributed by atoms with E-state index in [0.29, 0.717) is 12.6 Å². The molecule has 2 aromatic rings. The highest BCUT2D eigenvalue weighted by molar-refractivity contribution is 5.79. The Kier molecular flexibility index (Phi) is 6.79. The lowest BCUT2D eigenvalue weighted by molar-refractivity contribution is -0.127. The van der Waals surface area contributed by atoms with Gasteiger partial charge in [0, 0.05) is 43.6 Å². The topological polar surface area (TPSA) is 74.5 Å². The summed E-state index contributed by atoms with van der Waals surface area (Å²) in [6, 6.07) is 4.75. The van der Waals surface area contributed by atoms with Gasteiger partial charge in [0.05, 0.1) is 11.6 Å². The van der Waals surface area contributed by atoms with E-state index in [-0.39, 0.29) is 11.8 Å². The first-order valence-corrected chi connectivity index (χ1v) is 11.1. The zero-order chi connectivity index (χ0) is 20.9. The minimum absolute atomic E-state index is 0.0765. The van der Waals surface area contributed by atoms with Crippen LogP contribution < -0.4 is 5.32 Å².